The van der Waals surface area contributed by atoms with Gasteiger partial charge in [0.25, 0.3) is 5.91 Å². The van der Waals surface area contributed by atoms with Crippen LogP contribution in [0.1, 0.15) is 17.5 Å². The smallest absolute Gasteiger partial charge is 0.266 e. The number of carbonyl (C=O) groups excluding carboxylic acids is 1. The van der Waals surface area contributed by atoms with Gasteiger partial charge < -0.3 is 9.47 Å². The second-order valence-electron chi connectivity index (χ2n) is 7.88. The van der Waals surface area contributed by atoms with E-state index in [4.69, 9.17) is 14.5 Å². The molecule has 0 atom stereocenters. The van der Waals surface area contributed by atoms with Gasteiger partial charge in [-0.1, -0.05) is 35.6 Å². The number of para-hydroxylation sites is 1. The molecule has 4 rings (SSSR count). The van der Waals surface area contributed by atoms with E-state index < -0.39 is 0 Å². The summed E-state index contributed by atoms with van der Waals surface area (Å²) in [5.41, 5.74) is 3.32. The Labute approximate surface area is 187 Å². The summed E-state index contributed by atoms with van der Waals surface area (Å²) in [7, 11) is 0. The molecule has 164 valence electrons. The summed E-state index contributed by atoms with van der Waals surface area (Å²) >= 11 is 1.57. The maximum absolute atomic E-state index is 13.2. The van der Waals surface area contributed by atoms with Crippen LogP contribution in [0.4, 0.5) is 5.13 Å². The molecule has 0 unspecified atom stereocenters. The number of nitrogens with zero attached hydrogens (tertiary/aromatic N) is 3. The molecule has 2 aromatic carbocycles. The quantitative estimate of drug-likeness (QED) is 0.530. The highest BCUT2D eigenvalue weighted by atomic mass is 32.1. The van der Waals surface area contributed by atoms with Gasteiger partial charge in [0.05, 0.1) is 23.4 Å². The number of rotatable bonds is 8. The van der Waals surface area contributed by atoms with Gasteiger partial charge in [-0.25, -0.2) is 4.98 Å². The average molecular weight is 440 g/mol. The first kappa shape index (κ1) is 21.7. The zero-order valence-electron chi connectivity index (χ0n) is 18.2. The summed E-state index contributed by atoms with van der Waals surface area (Å²) in [5, 5.41) is 0.743. The first-order valence-electron chi connectivity index (χ1n) is 10.8. The molecule has 1 aromatic heterocycles. The fourth-order valence-corrected chi connectivity index (χ4v) is 5.00. The number of aryl methyl sites for hydroxylation is 2. The fourth-order valence-electron chi connectivity index (χ4n) is 3.82. The third kappa shape index (κ3) is 5.61. The number of fused-ring (bicyclic) bond motifs is 1. The average Bonchev–Trinajstić information content (AvgIpc) is 3.20. The van der Waals surface area contributed by atoms with Gasteiger partial charge in [-0.2, -0.15) is 0 Å². The molecular weight excluding hydrogens is 410 g/mol. The molecule has 0 aliphatic carbocycles. The number of morpholine rings is 1. The summed E-state index contributed by atoms with van der Waals surface area (Å²) in [6, 6.07) is 13.7. The molecule has 1 fully saturated rings. The highest BCUT2D eigenvalue weighted by Gasteiger charge is 2.21. The van der Waals surface area contributed by atoms with Crippen LogP contribution in [0.2, 0.25) is 0 Å². The van der Waals surface area contributed by atoms with Gasteiger partial charge in [0, 0.05) is 26.2 Å². The minimum absolute atomic E-state index is 0.00446. The maximum Gasteiger partial charge on any atom is 0.266 e. The van der Waals surface area contributed by atoms with Crippen molar-refractivity contribution >= 4 is 32.6 Å². The third-order valence-corrected chi connectivity index (χ3v) is 6.44. The number of benzene rings is 2. The Morgan fingerprint density at radius 1 is 1.19 bits per heavy atom. The van der Waals surface area contributed by atoms with Crippen molar-refractivity contribution in [2.75, 3.05) is 50.9 Å². The molecule has 1 amide bonds. The Balaban J connectivity index is 1.49. The molecule has 1 aliphatic rings. The molecular formula is C24H29N3O3S. The van der Waals surface area contributed by atoms with E-state index in [9.17, 15) is 4.79 Å². The summed E-state index contributed by atoms with van der Waals surface area (Å²) in [6.07, 6.45) is 0.880. The summed E-state index contributed by atoms with van der Waals surface area (Å²) in [4.78, 5) is 22.2. The molecule has 0 saturated carbocycles. The third-order valence-electron chi connectivity index (χ3n) is 5.42. The molecule has 1 aliphatic heterocycles. The Morgan fingerprint density at radius 3 is 2.74 bits per heavy atom. The number of thiazole rings is 1. The van der Waals surface area contributed by atoms with Gasteiger partial charge in [-0.15, -0.1) is 0 Å². The first-order chi connectivity index (χ1) is 15.1. The van der Waals surface area contributed by atoms with Crippen molar-refractivity contribution < 1.29 is 14.3 Å². The van der Waals surface area contributed by atoms with Gasteiger partial charge in [0.15, 0.2) is 11.7 Å². The summed E-state index contributed by atoms with van der Waals surface area (Å²) in [5.74, 6) is 0.624. The summed E-state index contributed by atoms with van der Waals surface area (Å²) in [6.45, 7) is 9.17. The van der Waals surface area contributed by atoms with Gasteiger partial charge >= 0.3 is 0 Å². The standard InChI is InChI=1S/C24H29N3O3S/c1-18-15-19(2)23-21(16-18)31-24(25-23)27(10-6-9-26-11-13-29-14-12-26)22(28)17-30-20-7-4-3-5-8-20/h3-5,7-8,15-16H,6,9-14,17H2,1-2H3. The Morgan fingerprint density at radius 2 is 1.97 bits per heavy atom. The molecule has 0 spiro atoms. The lowest BCUT2D eigenvalue weighted by Crippen LogP contribution is -2.40. The van der Waals surface area contributed by atoms with Crippen molar-refractivity contribution in [3.63, 3.8) is 0 Å². The second kappa shape index (κ2) is 10.2. The number of amides is 1. The van der Waals surface area contributed by atoms with Crippen molar-refractivity contribution in [2.24, 2.45) is 0 Å². The van der Waals surface area contributed by atoms with Crippen LogP contribution >= 0.6 is 11.3 Å². The lowest BCUT2D eigenvalue weighted by atomic mass is 10.1. The van der Waals surface area contributed by atoms with E-state index in [1.807, 2.05) is 30.3 Å². The number of hydrogen-bond donors (Lipinski definition) is 0. The van der Waals surface area contributed by atoms with E-state index in [-0.39, 0.29) is 12.5 Å². The van der Waals surface area contributed by atoms with Crippen LogP contribution in [0, 0.1) is 13.8 Å². The second-order valence-corrected chi connectivity index (χ2v) is 8.89. The van der Waals surface area contributed by atoms with Crippen molar-refractivity contribution in [3.8, 4) is 5.75 Å². The van der Waals surface area contributed by atoms with E-state index in [1.165, 1.54) is 5.56 Å². The lowest BCUT2D eigenvalue weighted by Gasteiger charge is -2.27. The van der Waals surface area contributed by atoms with Crippen molar-refractivity contribution in [1.29, 1.82) is 0 Å². The summed E-state index contributed by atoms with van der Waals surface area (Å²) < 4.78 is 12.3. The van der Waals surface area contributed by atoms with E-state index in [0.717, 1.165) is 60.2 Å². The van der Waals surface area contributed by atoms with Gasteiger partial charge in [0.1, 0.15) is 5.75 Å². The van der Waals surface area contributed by atoms with E-state index in [2.05, 4.69) is 30.9 Å². The van der Waals surface area contributed by atoms with E-state index in [1.54, 1.807) is 16.2 Å². The van der Waals surface area contributed by atoms with Crippen molar-refractivity contribution in [1.82, 2.24) is 9.88 Å². The number of aromatic nitrogens is 1. The van der Waals surface area contributed by atoms with Crippen LogP contribution in [-0.4, -0.2) is 61.8 Å². The number of carbonyl (C=O) groups is 1. The van der Waals surface area contributed by atoms with Crippen LogP contribution in [0.5, 0.6) is 5.75 Å². The van der Waals surface area contributed by atoms with Gasteiger partial charge in [-0.05, 0) is 49.6 Å². The molecule has 0 N–H and O–H groups in total. The van der Waals surface area contributed by atoms with Gasteiger partial charge in [-0.3, -0.25) is 14.6 Å². The van der Waals surface area contributed by atoms with Crippen molar-refractivity contribution in [3.05, 3.63) is 53.6 Å². The predicted octanol–water partition coefficient (Wildman–Crippen LogP) is 4.05. The molecule has 2 heterocycles. The highest BCUT2D eigenvalue weighted by molar-refractivity contribution is 7.22. The zero-order chi connectivity index (χ0) is 21.6. The zero-order valence-corrected chi connectivity index (χ0v) is 19.0. The largest absolute Gasteiger partial charge is 0.484 e. The fraction of sp³-hybridized carbons (Fsp3) is 0.417. The van der Waals surface area contributed by atoms with Crippen LogP contribution in [0.25, 0.3) is 10.2 Å². The van der Waals surface area contributed by atoms with E-state index >= 15 is 0 Å². The molecule has 0 radical (unpaired) electrons. The topological polar surface area (TPSA) is 54.9 Å². The predicted molar refractivity (Wildman–Crippen MR) is 125 cm³/mol. The maximum atomic E-state index is 13.2. The van der Waals surface area contributed by atoms with Crippen LogP contribution in [0.3, 0.4) is 0 Å². The first-order valence-corrected chi connectivity index (χ1v) is 11.6. The Kier molecular flexibility index (Phi) is 7.17. The van der Waals surface area contributed by atoms with Crippen LogP contribution < -0.4 is 9.64 Å². The molecule has 1 saturated heterocycles. The normalized spacial score (nSPS) is 14.6. The Hall–Kier alpha value is -2.48. The number of ether oxygens (including phenoxy) is 2. The monoisotopic (exact) mass is 439 g/mol. The lowest BCUT2D eigenvalue weighted by molar-refractivity contribution is -0.120. The number of hydrogen-bond acceptors (Lipinski definition) is 6. The van der Waals surface area contributed by atoms with Crippen LogP contribution in [0.15, 0.2) is 42.5 Å². The van der Waals surface area contributed by atoms with Crippen LogP contribution in [-0.2, 0) is 9.53 Å². The van der Waals surface area contributed by atoms with Crippen molar-refractivity contribution in [2.45, 2.75) is 20.3 Å². The minimum atomic E-state index is -0.0701. The highest BCUT2D eigenvalue weighted by Crippen LogP contribution is 2.32. The minimum Gasteiger partial charge on any atom is -0.484 e. The molecule has 6 nitrogen and oxygen atoms in total. The SMILES string of the molecule is Cc1cc(C)c2nc(N(CCCN3CCOCC3)C(=O)COc3ccccc3)sc2c1. The molecule has 7 heteroatoms. The Bertz CT molecular complexity index is 1020. The number of anilines is 1. The molecule has 31 heavy (non-hydrogen) atoms. The molecule has 0 bridgehead atoms. The van der Waals surface area contributed by atoms with Gasteiger partial charge in [0.2, 0.25) is 0 Å². The molecule has 3 aromatic rings. The van der Waals surface area contributed by atoms with E-state index in [0.29, 0.717) is 12.3 Å².